The highest BCUT2D eigenvalue weighted by atomic mass is 16.5. The summed E-state index contributed by atoms with van der Waals surface area (Å²) >= 11 is 0. The maximum Gasteiger partial charge on any atom is 0.317 e. The van der Waals surface area contributed by atoms with Crippen LogP contribution in [0.25, 0.3) is 0 Å². The van der Waals surface area contributed by atoms with Crippen molar-refractivity contribution in [3.63, 3.8) is 0 Å². The van der Waals surface area contributed by atoms with Crippen LogP contribution in [-0.2, 0) is 15.9 Å². The lowest BCUT2D eigenvalue weighted by atomic mass is 10.0. The molecule has 0 aromatic heterocycles. The first-order chi connectivity index (χ1) is 11.3. The van der Waals surface area contributed by atoms with Crippen LogP contribution in [0.3, 0.4) is 0 Å². The van der Waals surface area contributed by atoms with Crippen molar-refractivity contribution in [2.75, 3.05) is 26.9 Å². The maximum atomic E-state index is 12.5. The minimum atomic E-state index is 0.0614. The average molecular weight is 318 g/mol. The Morgan fingerprint density at radius 3 is 2.70 bits per heavy atom. The third kappa shape index (κ3) is 4.45. The van der Waals surface area contributed by atoms with Gasteiger partial charge >= 0.3 is 6.03 Å². The Balaban J connectivity index is 1.66. The zero-order valence-corrected chi connectivity index (χ0v) is 13.7. The molecule has 0 bridgehead atoms. The van der Waals surface area contributed by atoms with Crippen LogP contribution in [-0.4, -0.2) is 56.0 Å². The summed E-state index contributed by atoms with van der Waals surface area (Å²) < 4.78 is 11.1. The van der Waals surface area contributed by atoms with E-state index >= 15 is 0 Å². The standard InChI is InChI=1S/C18H26N2O3/c1-22-11-12-23-17-9-10-20(18(21)19-15-7-8-15)16(17)13-14-5-3-2-4-6-14/h2-6,15-17H,7-13H2,1H3,(H,19,21)/t16-,17+/m0/s1. The number of amides is 2. The summed E-state index contributed by atoms with van der Waals surface area (Å²) in [6.07, 6.45) is 4.01. The molecule has 1 saturated carbocycles. The van der Waals surface area contributed by atoms with Crippen LogP contribution in [0.4, 0.5) is 4.79 Å². The fraction of sp³-hybridized carbons (Fsp3) is 0.611. The van der Waals surface area contributed by atoms with Gasteiger partial charge in [0.2, 0.25) is 0 Å². The molecule has 2 atom stereocenters. The van der Waals surface area contributed by atoms with Gasteiger partial charge in [0.05, 0.1) is 25.4 Å². The molecule has 1 aromatic rings. The molecule has 1 aromatic carbocycles. The van der Waals surface area contributed by atoms with Crippen molar-refractivity contribution in [2.24, 2.45) is 0 Å². The summed E-state index contributed by atoms with van der Waals surface area (Å²) in [5, 5.41) is 3.11. The van der Waals surface area contributed by atoms with Crippen molar-refractivity contribution in [3.05, 3.63) is 35.9 Å². The fourth-order valence-corrected chi connectivity index (χ4v) is 3.14. The monoisotopic (exact) mass is 318 g/mol. The summed E-state index contributed by atoms with van der Waals surface area (Å²) in [6, 6.07) is 10.9. The number of hydrogen-bond acceptors (Lipinski definition) is 3. The number of rotatable bonds is 7. The van der Waals surface area contributed by atoms with E-state index in [4.69, 9.17) is 9.47 Å². The van der Waals surface area contributed by atoms with Crippen molar-refractivity contribution in [2.45, 2.75) is 43.9 Å². The number of nitrogens with one attached hydrogen (secondary N) is 1. The number of methoxy groups -OCH3 is 1. The minimum Gasteiger partial charge on any atom is -0.382 e. The van der Waals surface area contributed by atoms with Gasteiger partial charge in [-0.1, -0.05) is 30.3 Å². The SMILES string of the molecule is COCCO[C@@H]1CCN(C(=O)NC2CC2)[C@H]1Cc1ccccc1. The van der Waals surface area contributed by atoms with Crippen molar-refractivity contribution >= 4 is 6.03 Å². The lowest BCUT2D eigenvalue weighted by Crippen LogP contribution is -2.47. The Hall–Kier alpha value is -1.59. The summed E-state index contributed by atoms with van der Waals surface area (Å²) in [5.41, 5.74) is 1.24. The second-order valence-corrected chi connectivity index (χ2v) is 6.36. The molecule has 23 heavy (non-hydrogen) atoms. The highest BCUT2D eigenvalue weighted by Crippen LogP contribution is 2.26. The van der Waals surface area contributed by atoms with Gasteiger partial charge in [0, 0.05) is 19.7 Å². The summed E-state index contributed by atoms with van der Waals surface area (Å²) in [5.74, 6) is 0. The minimum absolute atomic E-state index is 0.0614. The van der Waals surface area contributed by atoms with Crippen molar-refractivity contribution in [1.82, 2.24) is 10.2 Å². The van der Waals surface area contributed by atoms with Gasteiger partial charge in [-0.3, -0.25) is 0 Å². The molecule has 5 heteroatoms. The van der Waals surface area contributed by atoms with Crippen LogP contribution in [0.5, 0.6) is 0 Å². The molecule has 1 aliphatic heterocycles. The van der Waals surface area contributed by atoms with E-state index < -0.39 is 0 Å². The zero-order chi connectivity index (χ0) is 16.1. The van der Waals surface area contributed by atoms with Crippen LogP contribution in [0, 0.1) is 0 Å². The molecule has 2 fully saturated rings. The molecule has 2 amide bonds. The normalized spacial score (nSPS) is 24.0. The largest absolute Gasteiger partial charge is 0.382 e. The van der Waals surface area contributed by atoms with E-state index in [2.05, 4.69) is 17.4 Å². The molecule has 126 valence electrons. The Morgan fingerprint density at radius 1 is 1.22 bits per heavy atom. The molecule has 1 aliphatic carbocycles. The van der Waals surface area contributed by atoms with Crippen LogP contribution in [0.1, 0.15) is 24.8 Å². The van der Waals surface area contributed by atoms with E-state index in [1.807, 2.05) is 23.1 Å². The molecule has 0 unspecified atom stereocenters. The van der Waals surface area contributed by atoms with Crippen molar-refractivity contribution in [1.29, 1.82) is 0 Å². The predicted octanol–water partition coefficient (Wildman–Crippen LogP) is 2.21. The quantitative estimate of drug-likeness (QED) is 0.784. The second kappa shape index (κ2) is 7.79. The Kier molecular flexibility index (Phi) is 5.51. The van der Waals surface area contributed by atoms with Gasteiger partial charge in [-0.25, -0.2) is 4.79 Å². The fourth-order valence-electron chi connectivity index (χ4n) is 3.14. The van der Waals surface area contributed by atoms with Gasteiger partial charge < -0.3 is 19.7 Å². The number of benzene rings is 1. The van der Waals surface area contributed by atoms with Crippen LogP contribution >= 0.6 is 0 Å². The number of carbonyl (C=O) groups is 1. The first kappa shape index (κ1) is 16.3. The van der Waals surface area contributed by atoms with Crippen molar-refractivity contribution < 1.29 is 14.3 Å². The third-order valence-electron chi connectivity index (χ3n) is 4.56. The van der Waals surface area contributed by atoms with Gasteiger partial charge in [0.15, 0.2) is 0 Å². The lowest BCUT2D eigenvalue weighted by Gasteiger charge is -2.28. The average Bonchev–Trinajstić information content (AvgIpc) is 3.29. The van der Waals surface area contributed by atoms with Gasteiger partial charge in [0.25, 0.3) is 0 Å². The second-order valence-electron chi connectivity index (χ2n) is 6.36. The van der Waals surface area contributed by atoms with E-state index in [-0.39, 0.29) is 18.2 Å². The highest BCUT2D eigenvalue weighted by Gasteiger charge is 2.39. The maximum absolute atomic E-state index is 12.5. The molecule has 1 N–H and O–H groups in total. The summed E-state index contributed by atoms with van der Waals surface area (Å²) in [6.45, 7) is 1.92. The van der Waals surface area contributed by atoms with Gasteiger partial charge in [-0.2, -0.15) is 0 Å². The van der Waals surface area contributed by atoms with Crippen LogP contribution in [0.15, 0.2) is 30.3 Å². The highest BCUT2D eigenvalue weighted by molar-refractivity contribution is 5.75. The smallest absolute Gasteiger partial charge is 0.317 e. The first-order valence-electron chi connectivity index (χ1n) is 8.49. The van der Waals surface area contributed by atoms with Gasteiger partial charge in [0.1, 0.15) is 0 Å². The van der Waals surface area contributed by atoms with E-state index in [1.54, 1.807) is 7.11 Å². The topological polar surface area (TPSA) is 50.8 Å². The van der Waals surface area contributed by atoms with E-state index in [0.717, 1.165) is 32.2 Å². The molecule has 0 radical (unpaired) electrons. The first-order valence-corrected chi connectivity index (χ1v) is 8.49. The number of nitrogens with zero attached hydrogens (tertiary/aromatic N) is 1. The Labute approximate surface area is 137 Å². The zero-order valence-electron chi connectivity index (χ0n) is 13.7. The van der Waals surface area contributed by atoms with Crippen molar-refractivity contribution in [3.8, 4) is 0 Å². The molecule has 5 nitrogen and oxygen atoms in total. The Morgan fingerprint density at radius 2 is 2.00 bits per heavy atom. The molecule has 1 saturated heterocycles. The number of urea groups is 1. The van der Waals surface area contributed by atoms with Gasteiger partial charge in [-0.05, 0) is 31.2 Å². The predicted molar refractivity (Wildman–Crippen MR) is 88.4 cm³/mol. The summed E-state index contributed by atoms with van der Waals surface area (Å²) in [7, 11) is 1.68. The van der Waals surface area contributed by atoms with E-state index in [0.29, 0.717) is 19.3 Å². The molecule has 2 aliphatic rings. The van der Waals surface area contributed by atoms with E-state index in [1.165, 1.54) is 5.56 Å². The number of ether oxygens (including phenoxy) is 2. The molecule has 1 heterocycles. The molecular weight excluding hydrogens is 292 g/mol. The van der Waals surface area contributed by atoms with Crippen LogP contribution in [0.2, 0.25) is 0 Å². The number of likely N-dealkylation sites (tertiary alicyclic amines) is 1. The molecule has 0 spiro atoms. The van der Waals surface area contributed by atoms with E-state index in [9.17, 15) is 4.79 Å². The third-order valence-corrected chi connectivity index (χ3v) is 4.56. The lowest BCUT2D eigenvalue weighted by molar-refractivity contribution is 0.00331. The number of carbonyl (C=O) groups excluding carboxylic acids is 1. The number of hydrogen-bond donors (Lipinski definition) is 1. The summed E-state index contributed by atoms with van der Waals surface area (Å²) in [4.78, 5) is 14.5. The molecular formula is C18H26N2O3. The van der Waals surface area contributed by atoms with Gasteiger partial charge in [-0.15, -0.1) is 0 Å². The van der Waals surface area contributed by atoms with Crippen LogP contribution < -0.4 is 5.32 Å². The Bertz CT molecular complexity index is 504. The molecule has 3 rings (SSSR count).